The van der Waals surface area contributed by atoms with Crippen LogP contribution in [-0.4, -0.2) is 86.3 Å². The maximum absolute atomic E-state index is 13.3. The monoisotopic (exact) mass is 563 g/mol. The topological polar surface area (TPSA) is 123 Å². The summed E-state index contributed by atoms with van der Waals surface area (Å²) in [6.45, 7) is 7.85. The molecule has 0 unspecified atom stereocenters. The van der Waals surface area contributed by atoms with Gasteiger partial charge in [-0.25, -0.2) is 23.5 Å². The zero-order valence-electron chi connectivity index (χ0n) is 23.1. The van der Waals surface area contributed by atoms with Crippen molar-refractivity contribution in [3.8, 4) is 11.6 Å². The van der Waals surface area contributed by atoms with Gasteiger partial charge in [0, 0.05) is 66.4 Å². The van der Waals surface area contributed by atoms with Crippen LogP contribution in [-0.2, 0) is 16.3 Å². The van der Waals surface area contributed by atoms with Crippen molar-refractivity contribution in [2.75, 3.05) is 63.1 Å². The Hall–Kier alpha value is -4.23. The first-order chi connectivity index (χ1) is 19.2. The molecule has 0 saturated carbocycles. The van der Waals surface area contributed by atoms with Gasteiger partial charge in [-0.2, -0.15) is 9.35 Å². The fraction of sp³-hybridized carbons (Fsp3) is 0.333. The van der Waals surface area contributed by atoms with E-state index in [0.717, 1.165) is 43.3 Å². The van der Waals surface area contributed by atoms with Crippen molar-refractivity contribution >= 4 is 43.9 Å². The highest BCUT2D eigenvalue weighted by Gasteiger charge is 2.20. The van der Waals surface area contributed by atoms with Crippen LogP contribution in [0.3, 0.4) is 0 Å². The number of pyridine rings is 1. The summed E-state index contributed by atoms with van der Waals surface area (Å²) in [6.07, 6.45) is 6.20. The Kier molecular flexibility index (Phi) is 7.59. The zero-order valence-corrected chi connectivity index (χ0v) is 23.9. The van der Waals surface area contributed by atoms with Crippen molar-refractivity contribution in [2.45, 2.75) is 6.54 Å². The number of hydrogen-bond acceptors (Lipinski definition) is 10. The molecule has 0 aliphatic carbocycles. The van der Waals surface area contributed by atoms with Gasteiger partial charge in [0.25, 0.3) is 5.56 Å². The molecule has 5 rings (SSSR count). The molecule has 4 aromatic rings. The Morgan fingerprint density at radius 2 is 1.93 bits per heavy atom. The molecule has 210 valence electrons. The fourth-order valence-corrected chi connectivity index (χ4v) is 5.16. The number of allylic oxidation sites excluding steroid dienone is 1. The summed E-state index contributed by atoms with van der Waals surface area (Å²) in [5.41, 5.74) is 1.86. The largest absolute Gasteiger partial charge is 0.495 e. The second kappa shape index (κ2) is 11.1. The molecule has 1 N–H and O–H groups in total. The molecule has 0 spiro atoms. The van der Waals surface area contributed by atoms with Gasteiger partial charge >= 0.3 is 0 Å². The third kappa shape index (κ3) is 5.70. The van der Waals surface area contributed by atoms with Gasteiger partial charge in [0.2, 0.25) is 5.95 Å². The number of anilines is 3. The first-order valence-electron chi connectivity index (χ1n) is 12.8. The Balaban J connectivity index is 1.54. The van der Waals surface area contributed by atoms with Crippen molar-refractivity contribution in [3.05, 3.63) is 65.6 Å². The van der Waals surface area contributed by atoms with Crippen molar-refractivity contribution < 1.29 is 8.95 Å². The molecule has 0 radical (unpaired) electrons. The number of fused-ring (bicyclic) bond motifs is 1. The third-order valence-corrected chi connectivity index (χ3v) is 7.13. The molecule has 1 aliphatic rings. The maximum atomic E-state index is 13.3. The minimum absolute atomic E-state index is 0.226. The lowest BCUT2D eigenvalue weighted by Crippen LogP contribution is -2.44. The summed E-state index contributed by atoms with van der Waals surface area (Å²) in [6, 6.07) is 11.0. The van der Waals surface area contributed by atoms with Gasteiger partial charge in [-0.1, -0.05) is 12.1 Å². The van der Waals surface area contributed by atoms with Gasteiger partial charge in [-0.15, -0.1) is 6.58 Å². The molecule has 1 aromatic carbocycles. The van der Waals surface area contributed by atoms with Gasteiger partial charge < -0.3 is 19.9 Å². The average Bonchev–Trinajstić information content (AvgIpc) is 3.19. The molecule has 1 fully saturated rings. The average molecular weight is 564 g/mol. The minimum atomic E-state index is -2.43. The second-order valence-electron chi connectivity index (χ2n) is 9.85. The molecule has 0 bridgehead atoms. The summed E-state index contributed by atoms with van der Waals surface area (Å²) in [5.74, 6) is 1.75. The number of piperazine rings is 1. The fourth-order valence-electron chi connectivity index (χ4n) is 4.61. The van der Waals surface area contributed by atoms with Gasteiger partial charge in [-0.05, 0) is 31.3 Å². The van der Waals surface area contributed by atoms with Crippen LogP contribution in [0.4, 0.5) is 23.1 Å². The van der Waals surface area contributed by atoms with E-state index in [1.165, 1.54) is 23.4 Å². The van der Waals surface area contributed by atoms with Crippen LogP contribution in [0.25, 0.3) is 16.9 Å². The first-order valence-corrected chi connectivity index (χ1v) is 15.1. The molecular formula is C27H33N9O3S. The predicted octanol–water partition coefficient (Wildman–Crippen LogP) is 3.03. The summed E-state index contributed by atoms with van der Waals surface area (Å²) in [4.78, 5) is 31.5. The highest BCUT2D eigenvalue weighted by atomic mass is 32.2. The molecule has 40 heavy (non-hydrogen) atoms. The summed E-state index contributed by atoms with van der Waals surface area (Å²) >= 11 is 0. The van der Waals surface area contributed by atoms with Crippen molar-refractivity contribution in [1.29, 1.82) is 0 Å². The van der Waals surface area contributed by atoms with E-state index in [-0.39, 0.29) is 12.1 Å². The number of likely N-dealkylation sites (N-methyl/N-ethyl adjacent to an activating group) is 1. The highest BCUT2D eigenvalue weighted by Crippen LogP contribution is 2.33. The van der Waals surface area contributed by atoms with E-state index in [2.05, 4.69) is 43.1 Å². The summed E-state index contributed by atoms with van der Waals surface area (Å²) < 4.78 is 25.3. The number of nitrogens with zero attached hydrogens (tertiary/aromatic N) is 8. The smallest absolute Gasteiger partial charge is 0.278 e. The van der Waals surface area contributed by atoms with Crippen LogP contribution < -0.4 is 20.5 Å². The first kappa shape index (κ1) is 27.3. The third-order valence-electron chi connectivity index (χ3n) is 6.51. The minimum Gasteiger partial charge on any atom is -0.495 e. The number of methoxy groups -OCH3 is 1. The van der Waals surface area contributed by atoms with Crippen molar-refractivity contribution in [3.63, 3.8) is 0 Å². The molecule has 12 nitrogen and oxygen atoms in total. The van der Waals surface area contributed by atoms with E-state index in [0.29, 0.717) is 28.6 Å². The summed E-state index contributed by atoms with van der Waals surface area (Å²) in [7, 11) is 1.36. The van der Waals surface area contributed by atoms with Crippen molar-refractivity contribution in [1.82, 2.24) is 29.2 Å². The van der Waals surface area contributed by atoms with E-state index in [1.807, 2.05) is 18.2 Å². The standard InChI is InChI=1S/C27H33N9O3S/c1-6-12-35-26(37)20-18-28-27(31-25(20)36(35)24-9-7-8-23(30-24)32-40(4,5)38)29-19-10-11-21(22(17-19)39-3)34-15-13-33(2)14-16-34/h6-11,17-18H,1,12-16H2,2-5H3,(H,28,29,31). The Bertz CT molecular complexity index is 1740. The lowest BCUT2D eigenvalue weighted by Gasteiger charge is -2.34. The molecule has 13 heteroatoms. The van der Waals surface area contributed by atoms with E-state index in [9.17, 15) is 9.00 Å². The number of aromatic nitrogens is 5. The molecule has 1 saturated heterocycles. The van der Waals surface area contributed by atoms with Gasteiger partial charge in [0.15, 0.2) is 17.3 Å². The number of hydrogen-bond donors (Lipinski definition) is 1. The van der Waals surface area contributed by atoms with E-state index in [1.54, 1.807) is 36.1 Å². The molecular weight excluding hydrogens is 530 g/mol. The number of benzene rings is 1. The lowest BCUT2D eigenvalue weighted by molar-refractivity contribution is 0.311. The number of ether oxygens (including phenoxy) is 1. The van der Waals surface area contributed by atoms with Crippen LogP contribution in [0, 0.1) is 0 Å². The van der Waals surface area contributed by atoms with Crippen LogP contribution in [0.5, 0.6) is 5.75 Å². The molecule has 1 aliphatic heterocycles. The number of rotatable bonds is 8. The Morgan fingerprint density at radius 1 is 1.15 bits per heavy atom. The molecule has 4 heterocycles. The second-order valence-corrected chi connectivity index (χ2v) is 12.4. The number of nitrogens with one attached hydrogen (secondary N) is 1. The molecule has 0 amide bonds. The van der Waals surface area contributed by atoms with E-state index in [4.69, 9.17) is 9.72 Å². The van der Waals surface area contributed by atoms with E-state index >= 15 is 0 Å². The Morgan fingerprint density at radius 3 is 2.62 bits per heavy atom. The normalized spacial score (nSPS) is 14.3. The van der Waals surface area contributed by atoms with Crippen LogP contribution in [0.15, 0.2) is 64.4 Å². The quantitative estimate of drug-likeness (QED) is 0.322. The van der Waals surface area contributed by atoms with Crippen LogP contribution in [0.2, 0.25) is 0 Å². The molecule has 0 atom stereocenters. The van der Waals surface area contributed by atoms with Crippen molar-refractivity contribution in [2.24, 2.45) is 4.36 Å². The zero-order chi connectivity index (χ0) is 28.4. The van der Waals surface area contributed by atoms with Crippen LogP contribution >= 0.6 is 0 Å². The summed E-state index contributed by atoms with van der Waals surface area (Å²) in [5, 5.41) is 3.57. The van der Waals surface area contributed by atoms with Crippen LogP contribution in [0.1, 0.15) is 0 Å². The molecule has 3 aromatic heterocycles. The predicted molar refractivity (Wildman–Crippen MR) is 159 cm³/mol. The Labute approximate surface area is 233 Å². The van der Waals surface area contributed by atoms with Gasteiger partial charge in [0.1, 0.15) is 11.1 Å². The SMILES string of the molecule is C=CCn1c(=O)c2cnc(Nc3ccc(N4CCN(C)CC4)c(OC)c3)nc2n1-c1cccc(N=S(C)(C)=O)n1. The van der Waals surface area contributed by atoms with Gasteiger partial charge in [0.05, 0.1) is 19.3 Å². The maximum Gasteiger partial charge on any atom is 0.278 e. The lowest BCUT2D eigenvalue weighted by atomic mass is 10.2. The highest BCUT2D eigenvalue weighted by molar-refractivity contribution is 7.92. The van der Waals surface area contributed by atoms with Gasteiger partial charge in [-0.3, -0.25) is 4.79 Å². The van der Waals surface area contributed by atoms with E-state index < -0.39 is 9.73 Å².